The second-order valence-corrected chi connectivity index (χ2v) is 18.7. The number of benzene rings is 4. The molecule has 4 aromatic carbocycles. The lowest BCUT2D eigenvalue weighted by Gasteiger charge is -2.26. The molecule has 2 aliphatic heterocycles. The third-order valence-corrected chi connectivity index (χ3v) is 15.1. The summed E-state index contributed by atoms with van der Waals surface area (Å²) in [5.41, 5.74) is -21.0. The van der Waals surface area contributed by atoms with Crippen molar-refractivity contribution in [2.45, 2.75) is 79.0 Å². The summed E-state index contributed by atoms with van der Waals surface area (Å²) in [6, 6.07) is 3.10. The van der Waals surface area contributed by atoms with Crippen molar-refractivity contribution in [1.29, 1.82) is 0 Å². The van der Waals surface area contributed by atoms with E-state index in [-0.39, 0.29) is 36.4 Å². The minimum Gasteiger partial charge on any atom is -0.219 e. The molecule has 24 heteroatoms. The zero-order chi connectivity index (χ0) is 48.8. The van der Waals surface area contributed by atoms with Crippen molar-refractivity contribution in [1.82, 2.24) is 0 Å². The molecule has 0 unspecified atom stereocenters. The SMILES string of the molecule is CCC1=C(C2=C(C3=C(CC)S(=O)(=O)c4cc(-c5cc(C(F)(F)F)cc(C(F)(F)F)c5)ccc43)C(F)(F)C(F)(F)C2(F)F)c2ccc(-c3cc(C(F)(F)F)cc(C(F)(F)F)c3)cc2S1(=O)=O. The molecule has 0 radical (unpaired) electrons. The van der Waals surface area contributed by atoms with Crippen LogP contribution in [0.15, 0.2) is 104 Å². The lowest BCUT2D eigenvalue weighted by Crippen LogP contribution is -2.49. The first-order chi connectivity index (χ1) is 29.4. The lowest BCUT2D eigenvalue weighted by molar-refractivity contribution is -0.263. The molecule has 1 aliphatic carbocycles. The maximum Gasteiger partial charge on any atom is 0.416 e. The van der Waals surface area contributed by atoms with Gasteiger partial charge in [-0.2, -0.15) is 79.0 Å². The van der Waals surface area contributed by atoms with Crippen LogP contribution in [0.4, 0.5) is 79.0 Å². The second kappa shape index (κ2) is 14.4. The Morgan fingerprint density at radius 3 is 0.938 bits per heavy atom. The Morgan fingerprint density at radius 1 is 0.415 bits per heavy atom. The molecule has 0 aromatic heterocycles. The van der Waals surface area contributed by atoms with Crippen LogP contribution in [0.1, 0.15) is 60.1 Å². The van der Waals surface area contributed by atoms with Crippen LogP contribution >= 0.6 is 0 Å². The van der Waals surface area contributed by atoms with E-state index in [0.717, 1.165) is 13.8 Å². The lowest BCUT2D eigenvalue weighted by atomic mass is 9.86. The summed E-state index contributed by atoms with van der Waals surface area (Å²) in [6.45, 7) is 1.86. The fourth-order valence-electron chi connectivity index (χ4n) is 8.01. The number of hydrogen-bond donors (Lipinski definition) is 0. The predicted octanol–water partition coefficient (Wildman–Crippen LogP) is 13.8. The van der Waals surface area contributed by atoms with Crippen molar-refractivity contribution in [3.63, 3.8) is 0 Å². The molecule has 0 fully saturated rings. The van der Waals surface area contributed by atoms with Gasteiger partial charge in [0.05, 0.1) is 41.9 Å². The monoisotopic (exact) mass is 984 g/mol. The molecule has 0 saturated carbocycles. The Balaban J connectivity index is 1.52. The number of rotatable bonds is 6. The fourth-order valence-corrected chi connectivity index (χ4v) is 11.7. The molecule has 0 N–H and O–H groups in total. The fraction of sp³-hybridized carbons (Fsp3) is 0.268. The molecular weight excluding hydrogens is 963 g/mol. The molecule has 0 bridgehead atoms. The predicted molar refractivity (Wildman–Crippen MR) is 194 cm³/mol. The smallest absolute Gasteiger partial charge is 0.219 e. The van der Waals surface area contributed by atoms with Gasteiger partial charge in [0.15, 0.2) is 0 Å². The van der Waals surface area contributed by atoms with Gasteiger partial charge in [0.1, 0.15) is 0 Å². The topological polar surface area (TPSA) is 68.3 Å². The Labute approximate surface area is 354 Å². The van der Waals surface area contributed by atoms with Crippen LogP contribution in [-0.4, -0.2) is 34.6 Å². The summed E-state index contributed by atoms with van der Waals surface area (Å²) < 4.78 is 318. The summed E-state index contributed by atoms with van der Waals surface area (Å²) in [5.74, 6) is -18.8. The average molecular weight is 985 g/mol. The van der Waals surface area contributed by atoms with E-state index in [2.05, 4.69) is 0 Å². The van der Waals surface area contributed by atoms with Gasteiger partial charge in [0.25, 0.3) is 0 Å². The molecular formula is C41H22F18O4S2. The number of hydrogen-bond acceptors (Lipinski definition) is 4. The number of alkyl halides is 18. The van der Waals surface area contributed by atoms with Gasteiger partial charge >= 0.3 is 42.5 Å². The van der Waals surface area contributed by atoms with Gasteiger partial charge < -0.3 is 0 Å². The number of fused-ring (bicyclic) bond motifs is 2. The highest BCUT2D eigenvalue weighted by Gasteiger charge is 2.81. The largest absolute Gasteiger partial charge is 0.416 e. The van der Waals surface area contributed by atoms with Gasteiger partial charge in [0.2, 0.25) is 19.7 Å². The van der Waals surface area contributed by atoms with Gasteiger partial charge in [-0.1, -0.05) is 38.1 Å². The zero-order valence-electron chi connectivity index (χ0n) is 32.1. The van der Waals surface area contributed by atoms with Gasteiger partial charge in [-0.15, -0.1) is 0 Å². The molecule has 348 valence electrons. The Kier molecular flexibility index (Phi) is 10.5. The molecule has 7 rings (SSSR count). The van der Waals surface area contributed by atoms with Crippen LogP contribution in [0.2, 0.25) is 0 Å². The minimum atomic E-state index is -6.51. The van der Waals surface area contributed by atoms with E-state index in [9.17, 15) is 69.5 Å². The Morgan fingerprint density at radius 2 is 0.692 bits per heavy atom. The van der Waals surface area contributed by atoms with Crippen molar-refractivity contribution >= 4 is 30.8 Å². The number of allylic oxidation sites excluding steroid dienone is 6. The van der Waals surface area contributed by atoms with Gasteiger partial charge in [0, 0.05) is 33.4 Å². The van der Waals surface area contributed by atoms with Crippen LogP contribution in [0.3, 0.4) is 0 Å². The van der Waals surface area contributed by atoms with Crippen molar-refractivity contribution in [2.75, 3.05) is 0 Å². The summed E-state index contributed by atoms with van der Waals surface area (Å²) in [7, 11) is -10.7. The molecule has 0 saturated heterocycles. The summed E-state index contributed by atoms with van der Waals surface area (Å²) in [4.78, 5) is -5.01. The third kappa shape index (κ3) is 7.14. The van der Waals surface area contributed by atoms with Crippen molar-refractivity contribution in [3.8, 4) is 22.3 Å². The average Bonchev–Trinajstić information content (AvgIpc) is 3.58. The number of halogens is 18. The standard InChI is InChI=1S/C41H22F18O4S2/c1-3-27-31(25-7-5-17(13-29(25)64(27,60)61)19-9-21(37(46,47)48)15-22(10-19)38(49,50)51)33-34(36(44,45)41(58,59)35(33,42)43)32-26-8-6-18(14-30(26)65(62,63)28(32)4-2)20-11-23(39(52,53)54)16-24(12-20)40(55,56)57/h5-16H,3-4H2,1-2H3. The Bertz CT molecular complexity index is 2790. The van der Waals surface area contributed by atoms with E-state index in [0.29, 0.717) is 36.4 Å². The van der Waals surface area contributed by atoms with Gasteiger partial charge in [-0.05, 0) is 83.6 Å². The first-order valence-corrected chi connectivity index (χ1v) is 21.2. The molecule has 0 spiro atoms. The summed E-state index contributed by atoms with van der Waals surface area (Å²) in [6.07, 6.45) is -23.6. The van der Waals surface area contributed by atoms with E-state index < -0.39 is 173 Å². The molecule has 2 heterocycles. The first-order valence-electron chi connectivity index (χ1n) is 18.2. The minimum absolute atomic E-state index is 0.172. The highest BCUT2D eigenvalue weighted by molar-refractivity contribution is 7.96. The number of sulfone groups is 2. The normalized spacial score (nSPS) is 19.9. The van der Waals surface area contributed by atoms with Crippen molar-refractivity contribution in [2.24, 2.45) is 0 Å². The highest BCUT2D eigenvalue weighted by Crippen LogP contribution is 2.68. The zero-order valence-corrected chi connectivity index (χ0v) is 33.7. The molecule has 0 atom stereocenters. The molecule has 4 nitrogen and oxygen atoms in total. The molecule has 65 heavy (non-hydrogen) atoms. The van der Waals surface area contributed by atoms with Crippen LogP contribution in [0, 0.1) is 0 Å². The quantitative estimate of drug-likeness (QED) is 0.181. The summed E-state index contributed by atoms with van der Waals surface area (Å²) in [5, 5.41) is 0. The molecule has 3 aliphatic rings. The Hall–Kier alpha value is -5.26. The van der Waals surface area contributed by atoms with Crippen LogP contribution in [-0.2, 0) is 44.4 Å². The van der Waals surface area contributed by atoms with Gasteiger partial charge in [-0.25, -0.2) is 16.8 Å². The van der Waals surface area contributed by atoms with E-state index in [1.165, 1.54) is 0 Å². The second-order valence-electron chi connectivity index (χ2n) is 14.8. The van der Waals surface area contributed by atoms with Gasteiger partial charge in [-0.3, -0.25) is 0 Å². The molecule has 4 aromatic rings. The maximum atomic E-state index is 16.4. The highest BCUT2D eigenvalue weighted by atomic mass is 32.2. The van der Waals surface area contributed by atoms with Crippen LogP contribution in [0.25, 0.3) is 33.4 Å². The van der Waals surface area contributed by atoms with Crippen molar-refractivity contribution < 1.29 is 95.9 Å². The maximum absolute atomic E-state index is 16.4. The van der Waals surface area contributed by atoms with E-state index >= 15 is 26.3 Å². The van der Waals surface area contributed by atoms with Crippen molar-refractivity contribution in [3.05, 3.63) is 127 Å². The van der Waals surface area contributed by atoms with Crippen LogP contribution < -0.4 is 0 Å². The van der Waals surface area contributed by atoms with Crippen LogP contribution in [0.5, 0.6) is 0 Å². The van der Waals surface area contributed by atoms with E-state index in [1.54, 1.807) is 0 Å². The van der Waals surface area contributed by atoms with E-state index in [1.807, 2.05) is 0 Å². The third-order valence-electron chi connectivity index (χ3n) is 10.9. The first kappa shape index (κ1) is 47.7. The molecule has 0 amide bonds. The van der Waals surface area contributed by atoms with E-state index in [4.69, 9.17) is 0 Å². The summed E-state index contributed by atoms with van der Waals surface area (Å²) >= 11 is 0.